The summed E-state index contributed by atoms with van der Waals surface area (Å²) >= 11 is 0. The van der Waals surface area contributed by atoms with Crippen molar-refractivity contribution in [1.82, 2.24) is 10.4 Å². The summed E-state index contributed by atoms with van der Waals surface area (Å²) in [5.74, 6) is -0.452. The van der Waals surface area contributed by atoms with E-state index in [9.17, 15) is 9.59 Å². The van der Waals surface area contributed by atoms with Gasteiger partial charge in [-0.1, -0.05) is 38.1 Å². The van der Waals surface area contributed by atoms with Gasteiger partial charge in [0.2, 0.25) is 5.91 Å². The molecule has 0 saturated carbocycles. The molecule has 2 amide bonds. The number of fused-ring (bicyclic) bond motifs is 1. The number of amides is 2. The van der Waals surface area contributed by atoms with Gasteiger partial charge < -0.3 is 15.4 Å². The number of hydrogen-bond donors (Lipinski definition) is 2. The zero-order valence-corrected chi connectivity index (χ0v) is 17.1. The number of hydroxylamine groups is 1. The maximum absolute atomic E-state index is 12.2. The van der Waals surface area contributed by atoms with E-state index in [1.807, 2.05) is 24.3 Å². The Kier molecular flexibility index (Phi) is 7.06. The molecule has 156 valence electrons. The fraction of sp³-hybridized carbons (Fsp3) is 0.455. The maximum atomic E-state index is 12.2. The number of anilines is 1. The number of carbonyl (C=O) groups is 2. The molecule has 3 N–H and O–H groups in total. The normalized spacial score (nSPS) is 14.2. The van der Waals surface area contributed by atoms with Crippen LogP contribution in [0.5, 0.6) is 0 Å². The van der Waals surface area contributed by atoms with E-state index >= 15 is 0 Å². The topological polar surface area (TPSA) is 93.9 Å². The molecule has 7 heteroatoms. The van der Waals surface area contributed by atoms with Crippen LogP contribution >= 0.6 is 0 Å². The molecule has 0 radical (unpaired) electrons. The first-order chi connectivity index (χ1) is 14.0. The standard InChI is InChI=1S/C22H29N3O4/c1-3-16-18-7-5-15(6-8-19(18)17(4-2)22(16)23)13-20(26)24-29-14-21(27)25-9-11-28-12-10-25/h5-8H,3-4,9-14,23H2,1-2H3,(H,24,26). The monoisotopic (exact) mass is 399 g/mol. The number of nitrogens with two attached hydrogens (primary N) is 1. The van der Waals surface area contributed by atoms with Crippen LogP contribution in [0.3, 0.4) is 0 Å². The van der Waals surface area contributed by atoms with Crippen LogP contribution in [0.4, 0.5) is 5.69 Å². The highest BCUT2D eigenvalue weighted by atomic mass is 16.7. The molecule has 29 heavy (non-hydrogen) atoms. The molecule has 1 aliphatic heterocycles. The second-order valence-corrected chi connectivity index (χ2v) is 7.13. The van der Waals surface area contributed by atoms with Crippen LogP contribution in [0.1, 0.15) is 30.5 Å². The van der Waals surface area contributed by atoms with E-state index in [4.69, 9.17) is 15.3 Å². The highest BCUT2D eigenvalue weighted by Gasteiger charge is 2.19. The number of rotatable bonds is 7. The summed E-state index contributed by atoms with van der Waals surface area (Å²) in [5.41, 5.74) is 15.0. The molecule has 0 aromatic carbocycles. The van der Waals surface area contributed by atoms with Gasteiger partial charge in [-0.25, -0.2) is 5.48 Å². The Labute approximate surface area is 171 Å². The molecule has 0 bridgehead atoms. The van der Waals surface area contributed by atoms with Crippen molar-refractivity contribution in [3.05, 3.63) is 41.0 Å². The number of nitrogens with zero attached hydrogens (tertiary/aromatic N) is 1. The Hall–Kier alpha value is -2.64. The fourth-order valence-corrected chi connectivity index (χ4v) is 3.80. The van der Waals surface area contributed by atoms with Gasteiger partial charge in [-0.05, 0) is 40.7 Å². The molecule has 3 rings (SSSR count). The molecule has 0 unspecified atom stereocenters. The van der Waals surface area contributed by atoms with Gasteiger partial charge in [0.05, 0.1) is 19.6 Å². The van der Waals surface area contributed by atoms with Crippen LogP contribution in [0, 0.1) is 0 Å². The molecule has 1 saturated heterocycles. The number of nitrogen functional groups attached to an aromatic ring is 1. The summed E-state index contributed by atoms with van der Waals surface area (Å²) < 4.78 is 5.21. The van der Waals surface area contributed by atoms with Gasteiger partial charge in [0.1, 0.15) is 0 Å². The third kappa shape index (κ3) is 4.86. The van der Waals surface area contributed by atoms with Crippen molar-refractivity contribution in [3.8, 4) is 11.1 Å². The third-order valence-electron chi connectivity index (χ3n) is 5.34. The highest BCUT2D eigenvalue weighted by Crippen LogP contribution is 2.39. The molecule has 3 aliphatic rings. The fourth-order valence-electron chi connectivity index (χ4n) is 3.80. The van der Waals surface area contributed by atoms with E-state index in [0.29, 0.717) is 26.3 Å². The van der Waals surface area contributed by atoms with E-state index in [0.717, 1.165) is 46.3 Å². The first-order valence-corrected chi connectivity index (χ1v) is 10.1. The van der Waals surface area contributed by atoms with Gasteiger partial charge in [-0.3, -0.25) is 14.4 Å². The Morgan fingerprint density at radius 3 is 2.21 bits per heavy atom. The summed E-state index contributed by atoms with van der Waals surface area (Å²) in [4.78, 5) is 31.0. The molecule has 7 nitrogen and oxygen atoms in total. The van der Waals surface area contributed by atoms with E-state index in [2.05, 4.69) is 19.3 Å². The Bertz CT molecular complexity index is 805. The number of nitrogens with one attached hydrogen (secondary N) is 1. The van der Waals surface area contributed by atoms with Gasteiger partial charge in [0, 0.05) is 18.8 Å². The summed E-state index contributed by atoms with van der Waals surface area (Å²) in [5, 5.41) is 0. The van der Waals surface area contributed by atoms with Crippen LogP contribution < -0.4 is 11.2 Å². The lowest BCUT2D eigenvalue weighted by molar-refractivity contribution is -0.147. The molecule has 2 aliphatic carbocycles. The zero-order valence-electron chi connectivity index (χ0n) is 17.1. The summed E-state index contributed by atoms with van der Waals surface area (Å²) in [6, 6.07) is 7.96. The van der Waals surface area contributed by atoms with Crippen molar-refractivity contribution in [2.45, 2.75) is 33.1 Å². The van der Waals surface area contributed by atoms with Crippen molar-refractivity contribution in [1.29, 1.82) is 0 Å². The Balaban J connectivity index is 1.59. The molecule has 0 aromatic heterocycles. The van der Waals surface area contributed by atoms with Crippen LogP contribution in [-0.4, -0.2) is 49.6 Å². The Morgan fingerprint density at radius 1 is 1.07 bits per heavy atom. The molecular formula is C22H29N3O4. The van der Waals surface area contributed by atoms with Crippen LogP contribution in [-0.2, 0) is 38.4 Å². The van der Waals surface area contributed by atoms with Crippen LogP contribution in [0.25, 0.3) is 11.1 Å². The van der Waals surface area contributed by atoms with E-state index < -0.39 is 0 Å². The quantitative estimate of drug-likeness (QED) is 0.694. The van der Waals surface area contributed by atoms with Gasteiger partial charge in [0.25, 0.3) is 5.91 Å². The lowest BCUT2D eigenvalue weighted by atomic mass is 10.1. The predicted molar refractivity (Wildman–Crippen MR) is 111 cm³/mol. The van der Waals surface area contributed by atoms with Gasteiger partial charge >= 0.3 is 0 Å². The summed E-state index contributed by atoms with van der Waals surface area (Å²) in [7, 11) is 0. The SMILES string of the molecule is CCc1c2ccc(CC(=O)NOCC(=O)N3CCOCC3)ccc-2c(CC)c1N. The first kappa shape index (κ1) is 21.1. The second-order valence-electron chi connectivity index (χ2n) is 7.13. The van der Waals surface area contributed by atoms with Gasteiger partial charge in [-0.15, -0.1) is 0 Å². The lowest BCUT2D eigenvalue weighted by Gasteiger charge is -2.26. The molecule has 1 fully saturated rings. The van der Waals surface area contributed by atoms with Gasteiger partial charge in [0.15, 0.2) is 6.61 Å². The number of hydrogen-bond acceptors (Lipinski definition) is 5. The van der Waals surface area contributed by atoms with E-state index in [-0.39, 0.29) is 24.8 Å². The maximum Gasteiger partial charge on any atom is 0.251 e. The summed E-state index contributed by atoms with van der Waals surface area (Å²) in [6.45, 7) is 6.19. The second kappa shape index (κ2) is 9.71. The minimum atomic E-state index is -0.295. The predicted octanol–water partition coefficient (Wildman–Crippen LogP) is 1.95. The van der Waals surface area contributed by atoms with Gasteiger partial charge in [-0.2, -0.15) is 0 Å². The largest absolute Gasteiger partial charge is 0.398 e. The average Bonchev–Trinajstić information content (AvgIpc) is 2.84. The number of morpholine rings is 1. The number of carbonyl (C=O) groups excluding carboxylic acids is 2. The summed E-state index contributed by atoms with van der Waals surface area (Å²) in [6.07, 6.45) is 1.90. The van der Waals surface area contributed by atoms with Crippen molar-refractivity contribution in [2.24, 2.45) is 0 Å². The van der Waals surface area contributed by atoms with Crippen molar-refractivity contribution in [3.63, 3.8) is 0 Å². The minimum Gasteiger partial charge on any atom is -0.398 e. The molecule has 0 aromatic rings. The van der Waals surface area contributed by atoms with Crippen molar-refractivity contribution < 1.29 is 19.2 Å². The molecule has 1 heterocycles. The lowest BCUT2D eigenvalue weighted by Crippen LogP contribution is -2.43. The van der Waals surface area contributed by atoms with Crippen molar-refractivity contribution >= 4 is 17.5 Å². The molecule has 0 spiro atoms. The number of ether oxygens (including phenoxy) is 1. The van der Waals surface area contributed by atoms with Crippen LogP contribution in [0.2, 0.25) is 0 Å². The van der Waals surface area contributed by atoms with E-state index in [1.54, 1.807) is 4.90 Å². The van der Waals surface area contributed by atoms with E-state index in [1.165, 1.54) is 0 Å². The minimum absolute atomic E-state index is 0.157. The van der Waals surface area contributed by atoms with Crippen molar-refractivity contribution in [2.75, 3.05) is 38.6 Å². The smallest absolute Gasteiger partial charge is 0.251 e. The average molecular weight is 399 g/mol. The van der Waals surface area contributed by atoms with Crippen LogP contribution in [0.15, 0.2) is 24.3 Å². The zero-order chi connectivity index (χ0) is 20.8. The molecule has 0 atom stereocenters. The molecular weight excluding hydrogens is 370 g/mol. The highest BCUT2D eigenvalue weighted by molar-refractivity contribution is 5.85. The first-order valence-electron chi connectivity index (χ1n) is 10.1. The third-order valence-corrected chi connectivity index (χ3v) is 5.34. The Morgan fingerprint density at radius 2 is 1.66 bits per heavy atom.